The summed E-state index contributed by atoms with van der Waals surface area (Å²) in [7, 11) is 1.59. The molecular formula is C21H27N3O5. The molecule has 0 aromatic heterocycles. The van der Waals surface area contributed by atoms with Crippen LogP contribution in [0.25, 0.3) is 0 Å². The largest absolute Gasteiger partial charge is 0.447 e. The van der Waals surface area contributed by atoms with Gasteiger partial charge in [0.05, 0.1) is 25.9 Å². The lowest BCUT2D eigenvalue weighted by Gasteiger charge is -2.13. The molecule has 0 fully saturated rings. The minimum atomic E-state index is -0.683. The second-order valence-electron chi connectivity index (χ2n) is 6.23. The Hall–Kier alpha value is -2.94. The van der Waals surface area contributed by atoms with Crippen molar-refractivity contribution in [3.63, 3.8) is 0 Å². The molecular weight excluding hydrogens is 374 g/mol. The van der Waals surface area contributed by atoms with E-state index in [1.165, 1.54) is 0 Å². The number of ether oxygens (including phenoxy) is 3. The fourth-order valence-electron chi connectivity index (χ4n) is 2.42. The van der Waals surface area contributed by atoms with Gasteiger partial charge in [-0.15, -0.1) is 0 Å². The van der Waals surface area contributed by atoms with E-state index in [1.54, 1.807) is 43.5 Å². The first-order chi connectivity index (χ1) is 14.1. The summed E-state index contributed by atoms with van der Waals surface area (Å²) in [5.74, 6) is -0.255. The van der Waals surface area contributed by atoms with Gasteiger partial charge in [-0.25, -0.2) is 4.79 Å². The zero-order valence-corrected chi connectivity index (χ0v) is 16.4. The van der Waals surface area contributed by atoms with Gasteiger partial charge in [-0.05, 0) is 36.2 Å². The second kappa shape index (κ2) is 12.5. The molecule has 0 saturated carbocycles. The third kappa shape index (κ3) is 8.73. The Labute approximate surface area is 170 Å². The summed E-state index contributed by atoms with van der Waals surface area (Å²) in [5.41, 5.74) is 8.16. The Bertz CT molecular complexity index is 753. The maximum absolute atomic E-state index is 12.2. The number of carbonyl (C=O) groups excluding carboxylic acids is 2. The Morgan fingerprint density at radius 3 is 2.24 bits per heavy atom. The van der Waals surface area contributed by atoms with Crippen LogP contribution in [0.1, 0.15) is 5.56 Å². The van der Waals surface area contributed by atoms with Crippen molar-refractivity contribution in [3.05, 3.63) is 60.2 Å². The number of anilines is 2. The number of nitrogens with two attached hydrogens (primary N) is 1. The van der Waals surface area contributed by atoms with Crippen molar-refractivity contribution >= 4 is 23.4 Å². The Morgan fingerprint density at radius 1 is 0.897 bits per heavy atom. The van der Waals surface area contributed by atoms with Crippen molar-refractivity contribution in [2.45, 2.75) is 12.5 Å². The Morgan fingerprint density at radius 2 is 1.55 bits per heavy atom. The minimum absolute atomic E-state index is 0.152. The van der Waals surface area contributed by atoms with E-state index in [0.29, 0.717) is 37.6 Å². The molecule has 1 atom stereocenters. The number of hydrogen-bond acceptors (Lipinski definition) is 6. The van der Waals surface area contributed by atoms with Crippen molar-refractivity contribution in [1.29, 1.82) is 0 Å². The maximum Gasteiger partial charge on any atom is 0.411 e. The lowest BCUT2D eigenvalue weighted by molar-refractivity contribution is -0.117. The molecule has 8 heteroatoms. The summed E-state index contributed by atoms with van der Waals surface area (Å²) in [5, 5.41) is 5.41. The SMILES string of the molecule is COCCOCCOC(=O)Nc1ccc(C[C@H](N)C(=O)Nc2ccccc2)cc1. The molecule has 29 heavy (non-hydrogen) atoms. The normalized spacial score (nSPS) is 11.5. The van der Waals surface area contributed by atoms with Crippen LogP contribution in [-0.2, 0) is 25.4 Å². The van der Waals surface area contributed by atoms with E-state index in [2.05, 4.69) is 10.6 Å². The van der Waals surface area contributed by atoms with E-state index >= 15 is 0 Å². The summed E-state index contributed by atoms with van der Waals surface area (Å²) < 4.78 is 15.1. The molecule has 0 spiro atoms. The zero-order valence-electron chi connectivity index (χ0n) is 16.4. The summed E-state index contributed by atoms with van der Waals surface area (Å²) >= 11 is 0. The van der Waals surface area contributed by atoms with E-state index < -0.39 is 12.1 Å². The van der Waals surface area contributed by atoms with Gasteiger partial charge in [-0.1, -0.05) is 30.3 Å². The van der Waals surface area contributed by atoms with E-state index in [0.717, 1.165) is 5.56 Å². The molecule has 2 aromatic rings. The molecule has 2 amide bonds. The first kappa shape index (κ1) is 22.4. The molecule has 2 rings (SSSR count). The smallest absolute Gasteiger partial charge is 0.411 e. The summed E-state index contributed by atoms with van der Waals surface area (Å²) in [4.78, 5) is 23.9. The van der Waals surface area contributed by atoms with E-state index in [1.807, 2.05) is 18.2 Å². The fourth-order valence-corrected chi connectivity index (χ4v) is 2.42. The Balaban J connectivity index is 1.72. The maximum atomic E-state index is 12.2. The van der Waals surface area contributed by atoms with Crippen LogP contribution in [0, 0.1) is 0 Å². The third-order valence-corrected chi connectivity index (χ3v) is 3.93. The van der Waals surface area contributed by atoms with Crippen molar-refractivity contribution in [2.24, 2.45) is 5.73 Å². The summed E-state index contributed by atoms with van der Waals surface area (Å²) in [6.45, 7) is 1.40. The van der Waals surface area contributed by atoms with Crippen molar-refractivity contribution in [3.8, 4) is 0 Å². The third-order valence-electron chi connectivity index (χ3n) is 3.93. The molecule has 0 heterocycles. The topological polar surface area (TPSA) is 112 Å². The molecule has 0 radical (unpaired) electrons. The van der Waals surface area contributed by atoms with Crippen LogP contribution in [0.15, 0.2) is 54.6 Å². The highest BCUT2D eigenvalue weighted by Crippen LogP contribution is 2.12. The number of nitrogens with one attached hydrogen (secondary N) is 2. The van der Waals surface area contributed by atoms with Gasteiger partial charge >= 0.3 is 6.09 Å². The zero-order chi connectivity index (χ0) is 20.9. The number of rotatable bonds is 11. The number of para-hydroxylation sites is 1. The molecule has 2 aromatic carbocycles. The highest BCUT2D eigenvalue weighted by Gasteiger charge is 2.14. The van der Waals surface area contributed by atoms with Crippen LogP contribution < -0.4 is 16.4 Å². The first-order valence-electron chi connectivity index (χ1n) is 9.29. The average molecular weight is 401 g/mol. The van der Waals surface area contributed by atoms with Gasteiger partial charge < -0.3 is 25.3 Å². The Kier molecular flexibility index (Phi) is 9.64. The van der Waals surface area contributed by atoms with E-state index in [4.69, 9.17) is 19.9 Å². The molecule has 0 aliphatic heterocycles. The second-order valence-corrected chi connectivity index (χ2v) is 6.23. The molecule has 0 aliphatic rings. The molecule has 0 bridgehead atoms. The molecule has 0 aliphatic carbocycles. The lowest BCUT2D eigenvalue weighted by Crippen LogP contribution is -2.37. The fraction of sp³-hybridized carbons (Fsp3) is 0.333. The first-order valence-corrected chi connectivity index (χ1v) is 9.29. The van der Waals surface area contributed by atoms with Crippen molar-refractivity contribution in [1.82, 2.24) is 0 Å². The van der Waals surface area contributed by atoms with Gasteiger partial charge in [0.2, 0.25) is 5.91 Å². The van der Waals surface area contributed by atoms with Gasteiger partial charge in [0, 0.05) is 18.5 Å². The molecule has 8 nitrogen and oxygen atoms in total. The lowest BCUT2D eigenvalue weighted by atomic mass is 10.1. The summed E-state index contributed by atoms with van der Waals surface area (Å²) in [6, 6.07) is 15.5. The van der Waals surface area contributed by atoms with Crippen molar-refractivity contribution in [2.75, 3.05) is 44.2 Å². The molecule has 0 unspecified atom stereocenters. The van der Waals surface area contributed by atoms with Crippen LogP contribution in [-0.4, -0.2) is 51.6 Å². The molecule has 156 valence electrons. The van der Waals surface area contributed by atoms with Gasteiger partial charge in [-0.3, -0.25) is 10.1 Å². The van der Waals surface area contributed by atoms with E-state index in [9.17, 15) is 9.59 Å². The molecule has 0 saturated heterocycles. The highest BCUT2D eigenvalue weighted by atomic mass is 16.6. The highest BCUT2D eigenvalue weighted by molar-refractivity contribution is 5.94. The summed E-state index contributed by atoms with van der Waals surface area (Å²) in [6.07, 6.45) is -0.186. The number of benzene rings is 2. The van der Waals surface area contributed by atoms with Gasteiger partial charge in [0.1, 0.15) is 6.61 Å². The van der Waals surface area contributed by atoms with Crippen LogP contribution in [0.3, 0.4) is 0 Å². The standard InChI is InChI=1S/C21H27N3O5/c1-27-11-12-28-13-14-29-21(26)24-18-9-7-16(8-10-18)15-19(22)20(25)23-17-5-3-2-4-6-17/h2-10,19H,11-15,22H2,1H3,(H,23,25)(H,24,26)/t19-/m0/s1. The van der Waals surface area contributed by atoms with Gasteiger partial charge in [0.25, 0.3) is 0 Å². The monoisotopic (exact) mass is 401 g/mol. The predicted octanol–water partition coefficient (Wildman–Crippen LogP) is 2.41. The van der Waals surface area contributed by atoms with Gasteiger partial charge in [0.15, 0.2) is 0 Å². The minimum Gasteiger partial charge on any atom is -0.447 e. The van der Waals surface area contributed by atoms with Crippen molar-refractivity contribution < 1.29 is 23.8 Å². The van der Waals surface area contributed by atoms with Gasteiger partial charge in [-0.2, -0.15) is 0 Å². The quantitative estimate of drug-likeness (QED) is 0.499. The number of methoxy groups -OCH3 is 1. The van der Waals surface area contributed by atoms with Crippen LogP contribution in [0.2, 0.25) is 0 Å². The van der Waals surface area contributed by atoms with E-state index in [-0.39, 0.29) is 12.5 Å². The average Bonchev–Trinajstić information content (AvgIpc) is 2.72. The van der Waals surface area contributed by atoms with Crippen LogP contribution in [0.5, 0.6) is 0 Å². The van der Waals surface area contributed by atoms with Crippen LogP contribution >= 0.6 is 0 Å². The van der Waals surface area contributed by atoms with Crippen LogP contribution in [0.4, 0.5) is 16.2 Å². The predicted molar refractivity (Wildman–Crippen MR) is 111 cm³/mol. The number of amides is 2. The number of carbonyl (C=O) groups is 2. The number of hydrogen-bond donors (Lipinski definition) is 3. The molecule has 4 N–H and O–H groups in total.